The second kappa shape index (κ2) is 11.0. The van der Waals surface area contributed by atoms with E-state index in [1.807, 2.05) is 86.6 Å². The van der Waals surface area contributed by atoms with Crippen molar-refractivity contribution in [2.45, 2.75) is 37.6 Å². The van der Waals surface area contributed by atoms with Crippen molar-refractivity contribution in [2.24, 2.45) is 17.8 Å². The van der Waals surface area contributed by atoms with Gasteiger partial charge in [0, 0.05) is 13.0 Å². The summed E-state index contributed by atoms with van der Waals surface area (Å²) in [5, 5.41) is 1.98. The molecular weight excluding hydrogens is 572 g/mol. The van der Waals surface area contributed by atoms with Crippen LogP contribution in [0.5, 0.6) is 0 Å². The molecule has 8 heteroatoms. The van der Waals surface area contributed by atoms with Gasteiger partial charge in [0.15, 0.2) is 0 Å². The first kappa shape index (κ1) is 28.5. The van der Waals surface area contributed by atoms with Crippen molar-refractivity contribution in [3.05, 3.63) is 120 Å². The lowest BCUT2D eigenvalue weighted by Gasteiger charge is -2.45. The number of rotatable bonds is 6. The highest BCUT2D eigenvalue weighted by molar-refractivity contribution is 7.89. The number of fused-ring (bicyclic) bond motifs is 4. The fraction of sp³-hybridized carbons (Fsp3) is 0.278. The van der Waals surface area contributed by atoms with E-state index in [2.05, 4.69) is 0 Å². The zero-order valence-electron chi connectivity index (χ0n) is 24.7. The van der Waals surface area contributed by atoms with Crippen LogP contribution in [-0.4, -0.2) is 37.7 Å². The number of para-hydroxylation sites is 1. The van der Waals surface area contributed by atoms with Gasteiger partial charge in [-0.15, -0.1) is 0 Å². The Morgan fingerprint density at radius 1 is 0.818 bits per heavy atom. The van der Waals surface area contributed by atoms with Crippen LogP contribution in [0.3, 0.4) is 0 Å². The van der Waals surface area contributed by atoms with E-state index in [0.717, 1.165) is 27.5 Å². The van der Waals surface area contributed by atoms with Gasteiger partial charge >= 0.3 is 0 Å². The number of aryl methyl sites for hydroxylation is 1. The minimum absolute atomic E-state index is 0.0835. The van der Waals surface area contributed by atoms with E-state index in [4.69, 9.17) is 4.74 Å². The van der Waals surface area contributed by atoms with Crippen LogP contribution >= 0.6 is 0 Å². The quantitative estimate of drug-likeness (QED) is 0.237. The predicted molar refractivity (Wildman–Crippen MR) is 169 cm³/mol. The van der Waals surface area contributed by atoms with Crippen molar-refractivity contribution in [2.75, 3.05) is 18.1 Å². The third-order valence-electron chi connectivity index (χ3n) is 9.42. The van der Waals surface area contributed by atoms with Crippen LogP contribution in [0.25, 0.3) is 10.8 Å². The van der Waals surface area contributed by atoms with E-state index in [1.165, 1.54) is 4.90 Å². The third kappa shape index (κ3) is 4.55. The molecule has 0 spiro atoms. The second-order valence-corrected chi connectivity index (χ2v) is 13.7. The smallest absolute Gasteiger partial charge is 0.243 e. The molecule has 2 fully saturated rings. The van der Waals surface area contributed by atoms with Crippen molar-refractivity contribution in [1.82, 2.24) is 4.31 Å². The van der Waals surface area contributed by atoms with Crippen LogP contribution in [0.15, 0.2) is 113 Å². The summed E-state index contributed by atoms with van der Waals surface area (Å²) in [6, 6.07) is 29.3. The zero-order chi connectivity index (χ0) is 30.6. The summed E-state index contributed by atoms with van der Waals surface area (Å²) in [5.74, 6) is -1.33. The number of anilines is 1. The first-order valence-corrected chi connectivity index (χ1v) is 16.6. The highest BCUT2D eigenvalue weighted by Gasteiger charge is 2.58. The maximum absolute atomic E-state index is 14.5. The topological polar surface area (TPSA) is 84.0 Å². The Labute approximate surface area is 257 Å². The molecule has 0 bridgehead atoms. The maximum atomic E-state index is 14.5. The molecule has 0 saturated carbocycles. The fourth-order valence-electron chi connectivity index (χ4n) is 7.38. The number of piperidine rings is 1. The molecule has 0 N–H and O–H groups in total. The van der Waals surface area contributed by atoms with Gasteiger partial charge in [-0.1, -0.05) is 78.4 Å². The first-order valence-electron chi connectivity index (χ1n) is 15.1. The average Bonchev–Trinajstić information content (AvgIpc) is 3.29. The number of hydrogen-bond acceptors (Lipinski definition) is 5. The van der Waals surface area contributed by atoms with Gasteiger partial charge in [-0.3, -0.25) is 14.5 Å². The van der Waals surface area contributed by atoms with Crippen molar-refractivity contribution in [3.63, 3.8) is 0 Å². The molecule has 0 aromatic heterocycles. The van der Waals surface area contributed by atoms with Crippen molar-refractivity contribution in [1.29, 1.82) is 0 Å². The molecular formula is C36H34N2O5S. The number of imide groups is 1. The predicted octanol–water partition coefficient (Wildman–Crippen LogP) is 6.40. The van der Waals surface area contributed by atoms with Crippen LogP contribution in [0.1, 0.15) is 36.9 Å². The van der Waals surface area contributed by atoms with Crippen molar-refractivity contribution < 1.29 is 22.7 Å². The molecule has 4 aromatic carbocycles. The molecule has 2 heterocycles. The van der Waals surface area contributed by atoms with Crippen LogP contribution in [-0.2, 0) is 24.3 Å². The Morgan fingerprint density at radius 3 is 2.27 bits per heavy atom. The fourth-order valence-corrected chi connectivity index (χ4v) is 8.97. The lowest BCUT2D eigenvalue weighted by molar-refractivity contribution is -0.123. The molecule has 2 amide bonds. The lowest BCUT2D eigenvalue weighted by Crippen LogP contribution is -2.47. The van der Waals surface area contributed by atoms with Gasteiger partial charge in [-0.25, -0.2) is 8.42 Å². The monoisotopic (exact) mass is 606 g/mol. The zero-order valence-corrected chi connectivity index (χ0v) is 25.5. The Morgan fingerprint density at radius 2 is 1.52 bits per heavy atom. The van der Waals surface area contributed by atoms with Gasteiger partial charge in [-0.05, 0) is 72.4 Å². The SMILES string of the molecule is CCOC1=C2CN(S(=O)(=O)c3ccc(C)cc3)[C@@H](c3cccc4ccccc34)C[C@H]2[C@H]2C(=O)N(c3ccccc3)C(=O)[C@H]2C1. The minimum Gasteiger partial charge on any atom is -0.498 e. The molecule has 4 atom stereocenters. The van der Waals surface area contributed by atoms with Crippen LogP contribution in [0.2, 0.25) is 0 Å². The Balaban J connectivity index is 1.39. The number of carbonyl (C=O) groups is 2. The van der Waals surface area contributed by atoms with Crippen molar-refractivity contribution in [3.8, 4) is 0 Å². The summed E-state index contributed by atoms with van der Waals surface area (Å²) in [5.41, 5.74) is 3.22. The van der Waals surface area contributed by atoms with E-state index in [1.54, 1.807) is 28.6 Å². The first-order chi connectivity index (χ1) is 21.3. The van der Waals surface area contributed by atoms with Gasteiger partial charge in [-0.2, -0.15) is 4.31 Å². The van der Waals surface area contributed by atoms with Gasteiger partial charge < -0.3 is 4.74 Å². The van der Waals surface area contributed by atoms with Crippen LogP contribution in [0, 0.1) is 24.7 Å². The number of carbonyl (C=O) groups excluding carboxylic acids is 2. The Kier molecular flexibility index (Phi) is 7.14. The highest BCUT2D eigenvalue weighted by Crippen LogP contribution is 2.53. The van der Waals surface area contributed by atoms with Gasteiger partial charge in [0.25, 0.3) is 0 Å². The van der Waals surface area contributed by atoms with Gasteiger partial charge in [0.05, 0.1) is 40.8 Å². The van der Waals surface area contributed by atoms with Crippen LogP contribution < -0.4 is 4.90 Å². The van der Waals surface area contributed by atoms with Crippen LogP contribution in [0.4, 0.5) is 5.69 Å². The Bertz CT molecular complexity index is 1900. The molecule has 0 unspecified atom stereocenters. The number of benzene rings is 4. The minimum atomic E-state index is -3.95. The summed E-state index contributed by atoms with van der Waals surface area (Å²) in [6.45, 7) is 4.28. The molecule has 44 heavy (non-hydrogen) atoms. The number of allylic oxidation sites excluding steroid dienone is 1. The molecule has 3 aliphatic rings. The summed E-state index contributed by atoms with van der Waals surface area (Å²) in [4.78, 5) is 29.6. The number of ether oxygens (including phenoxy) is 1. The molecule has 2 aliphatic heterocycles. The molecule has 7 rings (SSSR count). The number of amides is 2. The second-order valence-electron chi connectivity index (χ2n) is 11.9. The summed E-state index contributed by atoms with van der Waals surface area (Å²) in [6.07, 6.45) is 0.628. The molecule has 224 valence electrons. The normalized spacial score (nSPS) is 24.0. The molecule has 1 aliphatic carbocycles. The summed E-state index contributed by atoms with van der Waals surface area (Å²) >= 11 is 0. The lowest BCUT2D eigenvalue weighted by atomic mass is 9.67. The van der Waals surface area contributed by atoms with E-state index in [-0.39, 0.29) is 35.6 Å². The number of hydrogen-bond donors (Lipinski definition) is 0. The standard InChI is InChI=1S/C36H34N2O5S/c1-3-43-33-21-30-34(36(40)38(35(30)39)25-12-5-4-6-13-25)29-20-32(28-15-9-11-24-10-7-8-14-27(24)28)37(22-31(29)33)44(41,42)26-18-16-23(2)17-19-26/h4-19,29-30,32,34H,3,20-22H2,1-2H3/t29-,30+,32-,34-/m1/s1. The van der Waals surface area contributed by atoms with Crippen molar-refractivity contribution >= 4 is 38.3 Å². The van der Waals surface area contributed by atoms with Gasteiger partial charge in [0.1, 0.15) is 0 Å². The van der Waals surface area contributed by atoms with E-state index < -0.39 is 27.9 Å². The highest BCUT2D eigenvalue weighted by atomic mass is 32.2. The maximum Gasteiger partial charge on any atom is 0.243 e. The van der Waals surface area contributed by atoms with E-state index >= 15 is 0 Å². The average molecular weight is 607 g/mol. The summed E-state index contributed by atoms with van der Waals surface area (Å²) < 4.78 is 36.7. The Hall–Kier alpha value is -4.27. The molecule has 4 aromatic rings. The van der Waals surface area contributed by atoms with E-state index in [0.29, 0.717) is 24.5 Å². The number of sulfonamides is 1. The molecule has 2 saturated heterocycles. The van der Waals surface area contributed by atoms with E-state index in [9.17, 15) is 18.0 Å². The molecule has 7 nitrogen and oxygen atoms in total. The third-order valence-corrected chi connectivity index (χ3v) is 11.3. The molecule has 0 radical (unpaired) electrons. The number of nitrogens with zero attached hydrogens (tertiary/aromatic N) is 2. The van der Waals surface area contributed by atoms with Gasteiger partial charge in [0.2, 0.25) is 21.8 Å². The summed E-state index contributed by atoms with van der Waals surface area (Å²) in [7, 11) is -3.95. The largest absolute Gasteiger partial charge is 0.498 e.